The van der Waals surface area contributed by atoms with E-state index in [4.69, 9.17) is 42.4 Å². The summed E-state index contributed by atoms with van der Waals surface area (Å²) in [6, 6.07) is 11.9. The first-order chi connectivity index (χ1) is 17.4. The summed E-state index contributed by atoms with van der Waals surface area (Å²) in [6.45, 7) is 5.37. The summed E-state index contributed by atoms with van der Waals surface area (Å²) >= 11 is 13.4. The molecule has 0 atom stereocenters. The number of hydrogen-bond acceptors (Lipinski definition) is 7. The highest BCUT2D eigenvalue weighted by atomic mass is 35.5. The van der Waals surface area contributed by atoms with Crippen molar-refractivity contribution in [3.05, 3.63) is 63.8 Å². The molecule has 0 unspecified atom stereocenters. The van der Waals surface area contributed by atoms with Crippen molar-refractivity contribution in [3.63, 3.8) is 0 Å². The van der Waals surface area contributed by atoms with Crippen LogP contribution in [0.25, 0.3) is 22.0 Å². The molecule has 7 nitrogen and oxygen atoms in total. The normalized spacial score (nSPS) is 13.4. The van der Waals surface area contributed by atoms with Gasteiger partial charge >= 0.3 is 0 Å². The highest BCUT2D eigenvalue weighted by Crippen LogP contribution is 2.46. The fraction of sp³-hybridized carbons (Fsp3) is 0.259. The van der Waals surface area contributed by atoms with Crippen molar-refractivity contribution in [2.24, 2.45) is 0 Å². The summed E-state index contributed by atoms with van der Waals surface area (Å²) < 4.78 is 16.3. The van der Waals surface area contributed by atoms with Gasteiger partial charge in [0.05, 0.1) is 49.2 Å². The molecule has 0 spiro atoms. The Bertz CT molecular complexity index is 1410. The minimum absolute atomic E-state index is 0.157. The van der Waals surface area contributed by atoms with Crippen molar-refractivity contribution in [1.29, 1.82) is 0 Å². The van der Waals surface area contributed by atoms with E-state index in [-0.39, 0.29) is 6.04 Å². The molecule has 2 aromatic heterocycles. The van der Waals surface area contributed by atoms with Gasteiger partial charge < -0.3 is 24.8 Å². The van der Waals surface area contributed by atoms with Crippen molar-refractivity contribution in [2.45, 2.75) is 19.9 Å². The number of halogens is 2. The maximum atomic E-state index is 6.70. The molecule has 2 aromatic carbocycles. The Morgan fingerprint density at radius 1 is 0.972 bits per heavy atom. The number of pyridine rings is 2. The van der Waals surface area contributed by atoms with Gasteiger partial charge in [-0.1, -0.05) is 41.4 Å². The molecule has 9 heteroatoms. The molecule has 0 radical (unpaired) electrons. The predicted octanol–water partition coefficient (Wildman–Crippen LogP) is 6.79. The summed E-state index contributed by atoms with van der Waals surface area (Å²) in [6.07, 6.45) is 1.82. The maximum absolute atomic E-state index is 6.70. The van der Waals surface area contributed by atoms with Gasteiger partial charge in [0.15, 0.2) is 0 Å². The Hall–Kier alpha value is -3.26. The van der Waals surface area contributed by atoms with Crippen LogP contribution in [0, 0.1) is 13.8 Å². The summed E-state index contributed by atoms with van der Waals surface area (Å²) in [7, 11) is 3.09. The molecule has 0 amide bonds. The minimum atomic E-state index is 0.157. The molecule has 36 heavy (non-hydrogen) atoms. The van der Waals surface area contributed by atoms with Gasteiger partial charge in [0.25, 0.3) is 0 Å². The van der Waals surface area contributed by atoms with Crippen LogP contribution in [0.4, 0.5) is 17.3 Å². The molecule has 4 aromatic rings. The summed E-state index contributed by atoms with van der Waals surface area (Å²) in [5.41, 5.74) is 4.44. The molecule has 3 heterocycles. The lowest BCUT2D eigenvalue weighted by Gasteiger charge is -2.28. The number of aryl methyl sites for hydroxylation is 2. The maximum Gasteiger partial charge on any atom is 0.141 e. The van der Waals surface area contributed by atoms with E-state index in [1.54, 1.807) is 20.3 Å². The predicted molar refractivity (Wildman–Crippen MR) is 146 cm³/mol. The molecule has 1 saturated heterocycles. The lowest BCUT2D eigenvalue weighted by atomic mass is 10.1. The third-order valence-electron chi connectivity index (χ3n) is 6.26. The van der Waals surface area contributed by atoms with E-state index in [0.29, 0.717) is 51.8 Å². The van der Waals surface area contributed by atoms with Crippen molar-refractivity contribution in [1.82, 2.24) is 9.97 Å². The van der Waals surface area contributed by atoms with Gasteiger partial charge in [0.1, 0.15) is 23.1 Å². The number of methoxy groups -OCH3 is 2. The molecular weight excluding hydrogens is 499 g/mol. The Balaban J connectivity index is 1.66. The number of ether oxygens (including phenoxy) is 3. The Labute approximate surface area is 219 Å². The van der Waals surface area contributed by atoms with Crippen LogP contribution in [0.15, 0.2) is 42.6 Å². The zero-order valence-corrected chi connectivity index (χ0v) is 21.9. The van der Waals surface area contributed by atoms with Gasteiger partial charge in [0.2, 0.25) is 0 Å². The van der Waals surface area contributed by atoms with E-state index in [9.17, 15) is 0 Å². The molecular formula is C27H26Cl2N4O3. The number of benzene rings is 2. The first kappa shape index (κ1) is 24.4. The number of aromatic nitrogens is 2. The molecule has 2 N–H and O–H groups in total. The van der Waals surface area contributed by atoms with Gasteiger partial charge in [0, 0.05) is 34.3 Å². The summed E-state index contributed by atoms with van der Waals surface area (Å²) in [5, 5.41) is 9.47. The minimum Gasteiger partial charge on any atom is -0.495 e. The van der Waals surface area contributed by atoms with E-state index in [2.05, 4.69) is 41.6 Å². The SMILES string of the molecule is COc1cc(OC)c(Cl)c(-c2cc3cnc(Nc4c(C)cccc4C)cc3c(NC3COC3)n2)c1Cl. The topological polar surface area (TPSA) is 77.5 Å². The van der Waals surface area contributed by atoms with Gasteiger partial charge in [-0.3, -0.25) is 0 Å². The zero-order chi connectivity index (χ0) is 25.4. The van der Waals surface area contributed by atoms with Crippen molar-refractivity contribution in [2.75, 3.05) is 38.1 Å². The van der Waals surface area contributed by atoms with Crippen LogP contribution in [-0.4, -0.2) is 43.4 Å². The Morgan fingerprint density at radius 3 is 2.22 bits per heavy atom. The Morgan fingerprint density at radius 2 is 1.64 bits per heavy atom. The van der Waals surface area contributed by atoms with Crippen molar-refractivity contribution < 1.29 is 14.2 Å². The van der Waals surface area contributed by atoms with Crippen LogP contribution in [0.3, 0.4) is 0 Å². The molecule has 0 aliphatic carbocycles. The average Bonchev–Trinajstić information content (AvgIpc) is 2.84. The molecule has 1 aliphatic rings. The number of nitrogens with one attached hydrogen (secondary N) is 2. The van der Waals surface area contributed by atoms with E-state index in [1.165, 1.54) is 0 Å². The smallest absolute Gasteiger partial charge is 0.141 e. The number of nitrogens with zero attached hydrogens (tertiary/aromatic N) is 2. The molecule has 1 fully saturated rings. The highest BCUT2D eigenvalue weighted by Gasteiger charge is 2.24. The number of fused-ring (bicyclic) bond motifs is 1. The number of anilines is 3. The van der Waals surface area contributed by atoms with Crippen molar-refractivity contribution in [3.8, 4) is 22.8 Å². The number of rotatable bonds is 7. The van der Waals surface area contributed by atoms with Gasteiger partial charge in [-0.15, -0.1) is 0 Å². The van der Waals surface area contributed by atoms with Gasteiger partial charge in [-0.25, -0.2) is 9.97 Å². The summed E-state index contributed by atoms with van der Waals surface area (Å²) in [4.78, 5) is 9.63. The largest absolute Gasteiger partial charge is 0.495 e. The second-order valence-electron chi connectivity index (χ2n) is 8.70. The molecule has 186 valence electrons. The van der Waals surface area contributed by atoms with E-state index >= 15 is 0 Å². The fourth-order valence-electron chi connectivity index (χ4n) is 4.22. The van der Waals surface area contributed by atoms with Crippen LogP contribution in [0.2, 0.25) is 10.0 Å². The van der Waals surface area contributed by atoms with Crippen LogP contribution in [0.5, 0.6) is 11.5 Å². The molecule has 5 rings (SSSR count). The van der Waals surface area contributed by atoms with Crippen LogP contribution in [-0.2, 0) is 4.74 Å². The van der Waals surface area contributed by atoms with Crippen molar-refractivity contribution >= 4 is 51.3 Å². The number of hydrogen-bond donors (Lipinski definition) is 2. The lowest BCUT2D eigenvalue weighted by molar-refractivity contribution is 0.0210. The van der Waals surface area contributed by atoms with E-state index in [0.717, 1.165) is 33.4 Å². The average molecular weight is 525 g/mol. The van der Waals surface area contributed by atoms with E-state index < -0.39 is 0 Å². The van der Waals surface area contributed by atoms with Gasteiger partial charge in [-0.2, -0.15) is 0 Å². The second kappa shape index (κ2) is 10.0. The fourth-order valence-corrected chi connectivity index (χ4v) is 4.91. The quantitative estimate of drug-likeness (QED) is 0.275. The van der Waals surface area contributed by atoms with Crippen LogP contribution >= 0.6 is 23.2 Å². The second-order valence-corrected chi connectivity index (χ2v) is 9.46. The molecule has 1 aliphatic heterocycles. The standard InChI is InChI=1S/C27H26Cl2N4O3/c1-14-6-5-7-15(2)26(14)33-22-9-18-16(11-30-22)8-19(32-27(18)31-17-12-36-13-17)23-24(28)20(34-3)10-21(35-4)25(23)29/h5-11,17H,12-13H2,1-4H3,(H,30,33)(H,31,32). The van der Waals surface area contributed by atoms with Crippen LogP contribution in [0.1, 0.15) is 11.1 Å². The summed E-state index contributed by atoms with van der Waals surface area (Å²) in [5.74, 6) is 2.31. The first-order valence-electron chi connectivity index (χ1n) is 11.5. The third-order valence-corrected chi connectivity index (χ3v) is 7.01. The van der Waals surface area contributed by atoms with Crippen LogP contribution < -0.4 is 20.1 Å². The first-order valence-corrected chi connectivity index (χ1v) is 12.2. The number of para-hydroxylation sites is 1. The van der Waals surface area contributed by atoms with E-state index in [1.807, 2.05) is 24.4 Å². The molecule has 0 bridgehead atoms. The monoisotopic (exact) mass is 524 g/mol. The van der Waals surface area contributed by atoms with Gasteiger partial charge in [-0.05, 0) is 37.1 Å². The lowest BCUT2D eigenvalue weighted by Crippen LogP contribution is -2.40. The zero-order valence-electron chi connectivity index (χ0n) is 20.4. The highest BCUT2D eigenvalue weighted by molar-refractivity contribution is 6.41. The Kier molecular flexibility index (Phi) is 6.79. The molecule has 0 saturated carbocycles. The third kappa shape index (κ3) is 4.50.